The molecule has 5 nitrogen and oxygen atoms in total. The van der Waals surface area contributed by atoms with Gasteiger partial charge in [0.15, 0.2) is 0 Å². The van der Waals surface area contributed by atoms with Crippen LogP contribution in [0, 0.1) is 18.3 Å². The zero-order valence-corrected chi connectivity index (χ0v) is 17.5. The Labute approximate surface area is 179 Å². The zero-order chi connectivity index (χ0) is 21.5. The molecule has 0 aliphatic heterocycles. The van der Waals surface area contributed by atoms with E-state index in [0.29, 0.717) is 10.6 Å². The molecule has 0 aliphatic carbocycles. The number of thiophene rings is 1. The molecule has 0 saturated heterocycles. The largest absolute Gasteiger partial charge is 0.462 e. The summed E-state index contributed by atoms with van der Waals surface area (Å²) >= 11 is 1.22. The Hall–Kier alpha value is -3.69. The first-order valence-electron chi connectivity index (χ1n) is 9.37. The lowest BCUT2D eigenvalue weighted by atomic mass is 10.0. The van der Waals surface area contributed by atoms with E-state index in [1.165, 1.54) is 17.4 Å². The van der Waals surface area contributed by atoms with E-state index in [1.807, 2.05) is 67.6 Å². The highest BCUT2D eigenvalue weighted by molar-refractivity contribution is 7.15. The van der Waals surface area contributed by atoms with E-state index in [-0.39, 0.29) is 17.7 Å². The Morgan fingerprint density at radius 2 is 1.83 bits per heavy atom. The van der Waals surface area contributed by atoms with Crippen molar-refractivity contribution in [3.8, 4) is 17.2 Å². The zero-order valence-electron chi connectivity index (χ0n) is 16.6. The fraction of sp³-hybridized carbons (Fsp3) is 0.125. The van der Waals surface area contributed by atoms with Crippen molar-refractivity contribution in [2.24, 2.45) is 0 Å². The summed E-state index contributed by atoms with van der Waals surface area (Å²) in [4.78, 5) is 25.4. The molecule has 0 bridgehead atoms. The van der Waals surface area contributed by atoms with E-state index in [0.717, 1.165) is 16.7 Å². The molecule has 0 atom stereocenters. The van der Waals surface area contributed by atoms with Crippen LogP contribution in [-0.4, -0.2) is 18.5 Å². The summed E-state index contributed by atoms with van der Waals surface area (Å²) in [6.07, 6.45) is 1.52. The van der Waals surface area contributed by atoms with Crippen LogP contribution in [0.5, 0.6) is 0 Å². The van der Waals surface area contributed by atoms with Crippen molar-refractivity contribution < 1.29 is 14.3 Å². The number of carbonyl (C=O) groups is 2. The van der Waals surface area contributed by atoms with Crippen molar-refractivity contribution in [3.63, 3.8) is 0 Å². The highest BCUT2D eigenvalue weighted by Crippen LogP contribution is 2.36. The summed E-state index contributed by atoms with van der Waals surface area (Å²) in [5, 5.41) is 14.3. The summed E-state index contributed by atoms with van der Waals surface area (Å²) in [6, 6.07) is 18.8. The molecule has 0 saturated carbocycles. The van der Waals surface area contributed by atoms with Gasteiger partial charge in [0.1, 0.15) is 22.2 Å². The van der Waals surface area contributed by atoms with Gasteiger partial charge in [-0.05, 0) is 31.1 Å². The third-order valence-electron chi connectivity index (χ3n) is 4.34. The van der Waals surface area contributed by atoms with E-state index in [4.69, 9.17) is 4.74 Å². The number of amides is 1. The molecule has 0 aliphatic rings. The molecule has 3 rings (SSSR count). The molecule has 2 aromatic carbocycles. The lowest BCUT2D eigenvalue weighted by Crippen LogP contribution is -2.16. The molecule has 1 heterocycles. The van der Waals surface area contributed by atoms with Crippen LogP contribution in [0.4, 0.5) is 5.00 Å². The lowest BCUT2D eigenvalue weighted by molar-refractivity contribution is -0.112. The molecule has 1 aromatic heterocycles. The summed E-state index contributed by atoms with van der Waals surface area (Å²) in [7, 11) is 0. The first-order chi connectivity index (χ1) is 14.5. The number of nitriles is 1. The number of hydrogen-bond acceptors (Lipinski definition) is 5. The molecular formula is C24H20N2O3S. The first-order valence-corrected chi connectivity index (χ1v) is 10.2. The summed E-state index contributed by atoms with van der Waals surface area (Å²) < 4.78 is 5.20. The summed E-state index contributed by atoms with van der Waals surface area (Å²) in [5.41, 5.74) is 3.58. The summed E-state index contributed by atoms with van der Waals surface area (Å²) in [5.74, 6) is -1.10. The van der Waals surface area contributed by atoms with E-state index < -0.39 is 11.9 Å². The Bertz CT molecular complexity index is 1120. The van der Waals surface area contributed by atoms with Crippen molar-refractivity contribution >= 4 is 34.3 Å². The van der Waals surface area contributed by atoms with E-state index in [2.05, 4.69) is 5.32 Å². The predicted octanol–water partition coefficient (Wildman–Crippen LogP) is 5.45. The van der Waals surface area contributed by atoms with Gasteiger partial charge < -0.3 is 10.1 Å². The Kier molecular flexibility index (Phi) is 6.79. The number of rotatable bonds is 6. The van der Waals surface area contributed by atoms with Crippen LogP contribution in [-0.2, 0) is 9.53 Å². The minimum Gasteiger partial charge on any atom is -0.462 e. The van der Waals surface area contributed by atoms with Crippen LogP contribution in [0.1, 0.15) is 28.4 Å². The quantitative estimate of drug-likeness (QED) is 0.329. The van der Waals surface area contributed by atoms with Gasteiger partial charge in [-0.25, -0.2) is 4.79 Å². The number of carbonyl (C=O) groups excluding carboxylic acids is 2. The standard InChI is InChI=1S/C24H20N2O3S/c1-3-29-24(28)21-20(18-7-5-4-6-8-18)15-30-23(21)26-22(27)19(14-25)13-17-11-9-16(2)10-12-17/h4-13,15H,3H2,1-2H3,(H,26,27)/b19-13+. The second kappa shape index (κ2) is 9.68. The van der Waals surface area contributed by atoms with E-state index >= 15 is 0 Å². The Morgan fingerprint density at radius 3 is 2.47 bits per heavy atom. The Balaban J connectivity index is 1.94. The average molecular weight is 417 g/mol. The van der Waals surface area contributed by atoms with Gasteiger partial charge in [-0.1, -0.05) is 60.2 Å². The van der Waals surface area contributed by atoms with Crippen LogP contribution >= 0.6 is 11.3 Å². The topological polar surface area (TPSA) is 79.2 Å². The fourth-order valence-corrected chi connectivity index (χ4v) is 3.79. The average Bonchev–Trinajstić information content (AvgIpc) is 3.17. The highest BCUT2D eigenvalue weighted by Gasteiger charge is 2.23. The molecular weight excluding hydrogens is 396 g/mol. The molecule has 0 spiro atoms. The second-order valence-electron chi connectivity index (χ2n) is 6.47. The van der Waals surface area contributed by atoms with Gasteiger partial charge >= 0.3 is 5.97 Å². The molecule has 0 radical (unpaired) electrons. The number of hydrogen-bond donors (Lipinski definition) is 1. The first kappa shape index (κ1) is 21.0. The highest BCUT2D eigenvalue weighted by atomic mass is 32.1. The second-order valence-corrected chi connectivity index (χ2v) is 7.35. The minimum absolute atomic E-state index is 0.0525. The smallest absolute Gasteiger partial charge is 0.341 e. The van der Waals surface area contributed by atoms with Gasteiger partial charge in [-0.2, -0.15) is 5.26 Å². The van der Waals surface area contributed by atoms with Crippen molar-refractivity contribution in [1.82, 2.24) is 0 Å². The lowest BCUT2D eigenvalue weighted by Gasteiger charge is -2.08. The number of benzene rings is 2. The van der Waals surface area contributed by atoms with Crippen molar-refractivity contribution in [1.29, 1.82) is 5.26 Å². The molecule has 30 heavy (non-hydrogen) atoms. The van der Waals surface area contributed by atoms with Gasteiger partial charge in [-0.3, -0.25) is 4.79 Å². The third kappa shape index (κ3) is 4.83. The summed E-state index contributed by atoms with van der Waals surface area (Å²) in [6.45, 7) is 3.90. The van der Waals surface area contributed by atoms with Gasteiger partial charge in [-0.15, -0.1) is 11.3 Å². The molecule has 0 unspecified atom stereocenters. The molecule has 1 N–H and O–H groups in total. The Morgan fingerprint density at radius 1 is 1.13 bits per heavy atom. The van der Waals surface area contributed by atoms with Crippen LogP contribution in [0.15, 0.2) is 65.6 Å². The van der Waals surface area contributed by atoms with Gasteiger partial charge in [0, 0.05) is 10.9 Å². The van der Waals surface area contributed by atoms with Gasteiger partial charge in [0.2, 0.25) is 0 Å². The molecule has 3 aromatic rings. The van der Waals surface area contributed by atoms with Crippen LogP contribution in [0.3, 0.4) is 0 Å². The number of esters is 1. The maximum atomic E-state index is 12.7. The number of ether oxygens (including phenoxy) is 1. The molecule has 0 fully saturated rings. The van der Waals surface area contributed by atoms with Crippen molar-refractivity contribution in [2.45, 2.75) is 13.8 Å². The maximum absolute atomic E-state index is 12.7. The molecule has 150 valence electrons. The van der Waals surface area contributed by atoms with Crippen LogP contribution in [0.25, 0.3) is 17.2 Å². The third-order valence-corrected chi connectivity index (χ3v) is 5.23. The minimum atomic E-state index is -0.579. The van der Waals surface area contributed by atoms with Crippen molar-refractivity contribution in [3.05, 3.63) is 82.2 Å². The molecule has 6 heteroatoms. The SMILES string of the molecule is CCOC(=O)c1c(-c2ccccc2)csc1NC(=O)/C(C#N)=C/c1ccc(C)cc1. The number of anilines is 1. The van der Waals surface area contributed by atoms with Crippen molar-refractivity contribution in [2.75, 3.05) is 11.9 Å². The predicted molar refractivity (Wildman–Crippen MR) is 119 cm³/mol. The number of nitrogens with one attached hydrogen (secondary N) is 1. The fourth-order valence-electron chi connectivity index (χ4n) is 2.83. The van der Waals surface area contributed by atoms with Gasteiger partial charge in [0.25, 0.3) is 5.91 Å². The molecule has 1 amide bonds. The van der Waals surface area contributed by atoms with Crippen LogP contribution in [0.2, 0.25) is 0 Å². The van der Waals surface area contributed by atoms with E-state index in [1.54, 1.807) is 12.3 Å². The van der Waals surface area contributed by atoms with Crippen LogP contribution < -0.4 is 5.32 Å². The number of nitrogens with zero attached hydrogens (tertiary/aromatic N) is 1. The number of aryl methyl sites for hydroxylation is 1. The normalized spacial score (nSPS) is 10.9. The maximum Gasteiger partial charge on any atom is 0.341 e. The monoisotopic (exact) mass is 416 g/mol. The van der Waals surface area contributed by atoms with Gasteiger partial charge in [0.05, 0.1) is 6.61 Å². The van der Waals surface area contributed by atoms with E-state index in [9.17, 15) is 14.9 Å².